The van der Waals surface area contributed by atoms with Crippen molar-refractivity contribution in [2.45, 2.75) is 10.3 Å². The SMILES string of the molecule is NS(=O)(=O)c1sc(Cl)cc1[C@@H](O)CBr. The van der Waals surface area contributed by atoms with Gasteiger partial charge in [-0.25, -0.2) is 13.6 Å². The van der Waals surface area contributed by atoms with Crippen molar-refractivity contribution in [1.82, 2.24) is 0 Å². The van der Waals surface area contributed by atoms with Gasteiger partial charge in [0.1, 0.15) is 4.21 Å². The zero-order valence-corrected chi connectivity index (χ0v) is 10.8. The number of thiophene rings is 1. The lowest BCUT2D eigenvalue weighted by molar-refractivity contribution is 0.203. The molecule has 8 heteroatoms. The van der Waals surface area contributed by atoms with Crippen LogP contribution in [-0.4, -0.2) is 18.9 Å². The molecule has 1 aromatic heterocycles. The van der Waals surface area contributed by atoms with Gasteiger partial charge in [0.15, 0.2) is 0 Å². The highest BCUT2D eigenvalue weighted by atomic mass is 79.9. The highest BCUT2D eigenvalue weighted by Gasteiger charge is 2.22. The van der Waals surface area contributed by atoms with Crippen LogP contribution in [0.2, 0.25) is 4.34 Å². The van der Waals surface area contributed by atoms with E-state index in [2.05, 4.69) is 15.9 Å². The molecule has 0 aliphatic rings. The number of halogens is 2. The molecule has 0 unspecified atom stereocenters. The van der Waals surface area contributed by atoms with Gasteiger partial charge >= 0.3 is 0 Å². The van der Waals surface area contributed by atoms with E-state index in [0.29, 0.717) is 0 Å². The van der Waals surface area contributed by atoms with Gasteiger partial charge in [0.25, 0.3) is 0 Å². The molecule has 0 saturated heterocycles. The van der Waals surface area contributed by atoms with E-state index in [9.17, 15) is 13.5 Å². The molecule has 0 aliphatic heterocycles. The van der Waals surface area contributed by atoms with E-state index in [4.69, 9.17) is 16.7 Å². The van der Waals surface area contributed by atoms with Crippen molar-refractivity contribution in [3.63, 3.8) is 0 Å². The molecule has 1 heterocycles. The number of sulfonamides is 1. The van der Waals surface area contributed by atoms with Gasteiger partial charge in [-0.1, -0.05) is 27.5 Å². The minimum absolute atomic E-state index is 0.0885. The fourth-order valence-corrected chi connectivity index (χ4v) is 3.66. The summed E-state index contributed by atoms with van der Waals surface area (Å²) in [5.74, 6) is 0. The van der Waals surface area contributed by atoms with Gasteiger partial charge in [-0.2, -0.15) is 0 Å². The van der Waals surface area contributed by atoms with Crippen molar-refractivity contribution in [3.05, 3.63) is 16.0 Å². The molecule has 0 aromatic carbocycles. The summed E-state index contributed by atoms with van der Waals surface area (Å²) >= 11 is 9.52. The Morgan fingerprint density at radius 1 is 1.71 bits per heavy atom. The zero-order chi connectivity index (χ0) is 10.9. The van der Waals surface area contributed by atoms with Crippen molar-refractivity contribution in [1.29, 1.82) is 0 Å². The minimum Gasteiger partial charge on any atom is -0.387 e. The van der Waals surface area contributed by atoms with Gasteiger partial charge < -0.3 is 5.11 Å². The lowest BCUT2D eigenvalue weighted by atomic mass is 10.2. The Labute approximate surface area is 98.9 Å². The van der Waals surface area contributed by atoms with Crippen molar-refractivity contribution in [2.24, 2.45) is 5.14 Å². The summed E-state index contributed by atoms with van der Waals surface area (Å²) in [4.78, 5) is 0. The van der Waals surface area contributed by atoms with E-state index in [-0.39, 0.29) is 19.4 Å². The monoisotopic (exact) mass is 319 g/mol. The molecule has 1 aromatic rings. The Hall–Kier alpha value is 0.340. The Bertz CT molecular complexity index is 430. The molecule has 0 bridgehead atoms. The molecule has 0 amide bonds. The van der Waals surface area contributed by atoms with Gasteiger partial charge in [-0.15, -0.1) is 11.3 Å². The van der Waals surface area contributed by atoms with Gasteiger partial charge in [-0.3, -0.25) is 0 Å². The predicted molar refractivity (Wildman–Crippen MR) is 59.5 cm³/mol. The van der Waals surface area contributed by atoms with E-state index in [1.807, 2.05) is 0 Å². The molecule has 0 spiro atoms. The summed E-state index contributed by atoms with van der Waals surface area (Å²) in [6.45, 7) is 0. The zero-order valence-electron chi connectivity index (χ0n) is 6.78. The summed E-state index contributed by atoms with van der Waals surface area (Å²) in [6, 6.07) is 1.40. The van der Waals surface area contributed by atoms with Crippen LogP contribution in [0, 0.1) is 0 Å². The van der Waals surface area contributed by atoms with Crippen LogP contribution in [0.3, 0.4) is 0 Å². The molecule has 3 N–H and O–H groups in total. The first-order chi connectivity index (χ1) is 6.36. The summed E-state index contributed by atoms with van der Waals surface area (Å²) in [6.07, 6.45) is -0.924. The first kappa shape index (κ1) is 12.4. The van der Waals surface area contributed by atoms with E-state index in [1.165, 1.54) is 6.07 Å². The molecule has 4 nitrogen and oxygen atoms in total. The van der Waals surface area contributed by atoms with Crippen LogP contribution in [0.4, 0.5) is 0 Å². The van der Waals surface area contributed by atoms with E-state index in [1.54, 1.807) is 0 Å². The minimum atomic E-state index is -3.81. The smallest absolute Gasteiger partial charge is 0.247 e. The Kier molecular flexibility index (Phi) is 3.95. The van der Waals surface area contributed by atoms with Crippen LogP contribution in [0.25, 0.3) is 0 Å². The molecular formula is C6H7BrClNO3S2. The number of rotatable bonds is 3. The van der Waals surface area contributed by atoms with Crippen LogP contribution < -0.4 is 5.14 Å². The third-order valence-electron chi connectivity index (χ3n) is 1.46. The molecule has 0 aliphatic carbocycles. The maximum atomic E-state index is 11.1. The van der Waals surface area contributed by atoms with Crippen molar-refractivity contribution in [3.8, 4) is 0 Å². The molecular weight excluding hydrogens is 314 g/mol. The quantitative estimate of drug-likeness (QED) is 0.828. The molecule has 0 radical (unpaired) electrons. The topological polar surface area (TPSA) is 80.4 Å². The Balaban J connectivity index is 3.30. The van der Waals surface area contributed by atoms with Crippen molar-refractivity contribution >= 4 is 48.9 Å². The van der Waals surface area contributed by atoms with Gasteiger partial charge in [-0.05, 0) is 6.07 Å². The molecule has 1 rings (SSSR count). The number of nitrogens with two attached hydrogens (primary N) is 1. The van der Waals surface area contributed by atoms with Crippen molar-refractivity contribution < 1.29 is 13.5 Å². The second kappa shape index (κ2) is 4.46. The van der Waals surface area contributed by atoms with Gasteiger partial charge in [0.05, 0.1) is 10.4 Å². The van der Waals surface area contributed by atoms with Crippen LogP contribution in [-0.2, 0) is 10.0 Å². The fraction of sp³-hybridized carbons (Fsp3) is 0.333. The van der Waals surface area contributed by atoms with Crippen LogP contribution in [0.1, 0.15) is 11.7 Å². The van der Waals surface area contributed by atoms with Crippen LogP contribution in [0.5, 0.6) is 0 Å². The van der Waals surface area contributed by atoms with Gasteiger partial charge in [0.2, 0.25) is 10.0 Å². The normalized spacial score (nSPS) is 14.3. The number of primary sulfonamides is 1. The molecule has 0 saturated carbocycles. The first-order valence-electron chi connectivity index (χ1n) is 3.42. The maximum Gasteiger partial charge on any atom is 0.247 e. The summed E-state index contributed by atoms with van der Waals surface area (Å²) < 4.78 is 22.4. The summed E-state index contributed by atoms with van der Waals surface area (Å²) in [5, 5.41) is 14.7. The average Bonchev–Trinajstić information content (AvgIpc) is 2.45. The standard InChI is InChI=1S/C6H7BrClNO3S2/c7-2-4(10)3-1-5(8)13-6(3)14(9,11)12/h1,4,10H,2H2,(H2,9,11,12)/t4-/m0/s1. The highest BCUT2D eigenvalue weighted by molar-refractivity contribution is 9.09. The first-order valence-corrected chi connectivity index (χ1v) is 7.28. The van der Waals surface area contributed by atoms with E-state index < -0.39 is 16.1 Å². The largest absolute Gasteiger partial charge is 0.387 e. The van der Waals surface area contributed by atoms with Crippen LogP contribution in [0.15, 0.2) is 10.3 Å². The lowest BCUT2D eigenvalue weighted by Crippen LogP contribution is -2.14. The number of aliphatic hydroxyl groups is 1. The number of hydrogen-bond donors (Lipinski definition) is 2. The molecule has 0 fully saturated rings. The predicted octanol–water partition coefficient (Wildman–Crippen LogP) is 1.48. The lowest BCUT2D eigenvalue weighted by Gasteiger charge is -2.05. The maximum absolute atomic E-state index is 11.1. The number of alkyl halides is 1. The van der Waals surface area contributed by atoms with Crippen LogP contribution >= 0.6 is 38.9 Å². The van der Waals surface area contributed by atoms with E-state index in [0.717, 1.165) is 11.3 Å². The molecule has 1 atom stereocenters. The summed E-state index contributed by atoms with van der Waals surface area (Å²) in [5.41, 5.74) is 0.236. The number of aliphatic hydroxyl groups excluding tert-OH is 1. The Morgan fingerprint density at radius 2 is 2.29 bits per heavy atom. The van der Waals surface area contributed by atoms with Crippen molar-refractivity contribution in [2.75, 3.05) is 5.33 Å². The average molecular weight is 321 g/mol. The fourth-order valence-electron chi connectivity index (χ4n) is 0.896. The number of hydrogen-bond acceptors (Lipinski definition) is 4. The van der Waals surface area contributed by atoms with E-state index >= 15 is 0 Å². The summed E-state index contributed by atoms with van der Waals surface area (Å²) in [7, 11) is -3.81. The second-order valence-corrected chi connectivity index (χ2v) is 6.60. The third kappa shape index (κ3) is 2.68. The Morgan fingerprint density at radius 3 is 2.71 bits per heavy atom. The molecule has 80 valence electrons. The van der Waals surface area contributed by atoms with Gasteiger partial charge in [0, 0.05) is 10.9 Å². The molecule has 14 heavy (non-hydrogen) atoms. The third-order valence-corrected chi connectivity index (χ3v) is 4.85. The second-order valence-electron chi connectivity index (χ2n) is 2.51. The highest BCUT2D eigenvalue weighted by Crippen LogP contribution is 2.34.